The van der Waals surface area contributed by atoms with Crippen molar-refractivity contribution >= 4 is 27.7 Å². The van der Waals surface area contributed by atoms with Gasteiger partial charge in [0.15, 0.2) is 5.82 Å². The predicted molar refractivity (Wildman–Crippen MR) is 109 cm³/mol. The molecule has 0 aliphatic carbocycles. The van der Waals surface area contributed by atoms with Crippen molar-refractivity contribution in [2.45, 2.75) is 44.4 Å². The lowest BCUT2D eigenvalue weighted by molar-refractivity contribution is -0.134. The molecule has 1 saturated heterocycles. The molecule has 2 aromatic rings. The minimum absolute atomic E-state index is 0.112. The molecule has 1 aromatic heterocycles. The number of hydrogen-bond acceptors (Lipinski definition) is 4. The van der Waals surface area contributed by atoms with Crippen LogP contribution in [-0.4, -0.2) is 51.6 Å². The first-order valence-electron chi connectivity index (χ1n) is 9.61. The average molecular weight is 501 g/mol. The molecule has 0 radical (unpaired) electrons. The number of benzene rings is 1. The van der Waals surface area contributed by atoms with E-state index >= 15 is 0 Å². The summed E-state index contributed by atoms with van der Waals surface area (Å²) in [7, 11) is 1.51. The number of nitrogens with two attached hydrogens (primary N) is 1. The number of fused-ring (bicyclic) bond motifs is 3. The standard InChI is InChI=1S/C20H20BrF3N4O3/c1-19(18(25)30)4-6-28(19)17(29)16-26-13(9-20(22,23)24)15-11-8-12(21)14(31-2)7-10(11)3-5-27(15)16/h7-8H,3-6,9H2,1-2H3,(H2,25,30)/t19-/m1/s1. The Morgan fingerprint density at radius 3 is 2.58 bits per heavy atom. The number of hydrogen-bond donors (Lipinski definition) is 1. The maximum atomic E-state index is 13.3. The van der Waals surface area contributed by atoms with Gasteiger partial charge in [0.1, 0.15) is 11.3 Å². The molecule has 0 unspecified atom stereocenters. The number of alkyl halides is 3. The number of aryl methyl sites for hydroxylation is 1. The van der Waals surface area contributed by atoms with Gasteiger partial charge in [-0.2, -0.15) is 13.2 Å². The van der Waals surface area contributed by atoms with Crippen LogP contribution >= 0.6 is 15.9 Å². The molecule has 0 bridgehead atoms. The number of likely N-dealkylation sites (tertiary alicyclic amines) is 1. The van der Waals surface area contributed by atoms with Crippen molar-refractivity contribution in [1.82, 2.24) is 14.5 Å². The number of imidazole rings is 1. The van der Waals surface area contributed by atoms with Crippen LogP contribution in [0.25, 0.3) is 11.3 Å². The molecular weight excluding hydrogens is 481 g/mol. The molecule has 3 heterocycles. The molecule has 7 nitrogen and oxygen atoms in total. The summed E-state index contributed by atoms with van der Waals surface area (Å²) in [4.78, 5) is 30.4. The minimum Gasteiger partial charge on any atom is -0.496 e. The molecule has 2 N–H and O–H groups in total. The Kier molecular flexibility index (Phi) is 5.07. The Bertz CT molecular complexity index is 1100. The Labute approximate surface area is 184 Å². The van der Waals surface area contributed by atoms with E-state index in [9.17, 15) is 22.8 Å². The number of nitrogens with zero attached hydrogens (tertiary/aromatic N) is 3. The highest BCUT2D eigenvalue weighted by Crippen LogP contribution is 2.41. The number of amides is 2. The van der Waals surface area contributed by atoms with E-state index in [-0.39, 0.29) is 30.3 Å². The smallest absolute Gasteiger partial charge is 0.394 e. The van der Waals surface area contributed by atoms with E-state index in [4.69, 9.17) is 10.5 Å². The fraction of sp³-hybridized carbons (Fsp3) is 0.450. The van der Waals surface area contributed by atoms with Crippen LogP contribution in [0.15, 0.2) is 16.6 Å². The molecule has 1 fully saturated rings. The minimum atomic E-state index is -4.50. The summed E-state index contributed by atoms with van der Waals surface area (Å²) in [5.41, 5.74) is 5.67. The average Bonchev–Trinajstić information content (AvgIpc) is 3.02. The molecule has 2 aliphatic rings. The maximum Gasteiger partial charge on any atom is 0.394 e. The van der Waals surface area contributed by atoms with Gasteiger partial charge in [-0.3, -0.25) is 9.59 Å². The molecule has 0 saturated carbocycles. The van der Waals surface area contributed by atoms with Crippen LogP contribution in [-0.2, 0) is 24.2 Å². The van der Waals surface area contributed by atoms with Crippen LogP contribution in [0.3, 0.4) is 0 Å². The first-order chi connectivity index (χ1) is 14.5. The molecule has 1 aromatic carbocycles. The number of halogens is 4. The second kappa shape index (κ2) is 7.25. The van der Waals surface area contributed by atoms with Gasteiger partial charge >= 0.3 is 6.18 Å². The first-order valence-corrected chi connectivity index (χ1v) is 10.4. The number of carbonyl (C=O) groups is 2. The van der Waals surface area contributed by atoms with Gasteiger partial charge in [-0.05, 0) is 53.4 Å². The van der Waals surface area contributed by atoms with E-state index in [1.54, 1.807) is 19.1 Å². The van der Waals surface area contributed by atoms with Gasteiger partial charge in [0.25, 0.3) is 5.91 Å². The summed E-state index contributed by atoms with van der Waals surface area (Å²) in [6, 6.07) is 3.46. The van der Waals surface area contributed by atoms with Crippen LogP contribution in [0.1, 0.15) is 35.2 Å². The zero-order valence-corrected chi connectivity index (χ0v) is 18.4. The molecule has 4 rings (SSSR count). The van der Waals surface area contributed by atoms with Gasteiger partial charge in [0, 0.05) is 18.7 Å². The van der Waals surface area contributed by atoms with Gasteiger partial charge in [0.05, 0.1) is 29.4 Å². The Morgan fingerprint density at radius 1 is 1.32 bits per heavy atom. The van der Waals surface area contributed by atoms with Gasteiger partial charge < -0.3 is 19.9 Å². The lowest BCUT2D eigenvalue weighted by Crippen LogP contribution is -2.66. The van der Waals surface area contributed by atoms with Crippen LogP contribution in [0, 0.1) is 0 Å². The van der Waals surface area contributed by atoms with Gasteiger partial charge in [-0.25, -0.2) is 4.98 Å². The molecule has 11 heteroatoms. The van der Waals surface area contributed by atoms with Crippen LogP contribution in [0.4, 0.5) is 13.2 Å². The third-order valence-electron chi connectivity index (χ3n) is 6.03. The van der Waals surface area contributed by atoms with Gasteiger partial charge in [-0.15, -0.1) is 0 Å². The summed E-state index contributed by atoms with van der Waals surface area (Å²) < 4.78 is 47.4. The number of primary amides is 1. The quantitative estimate of drug-likeness (QED) is 0.698. The van der Waals surface area contributed by atoms with E-state index in [1.807, 2.05) is 0 Å². The lowest BCUT2D eigenvalue weighted by Gasteiger charge is -2.47. The van der Waals surface area contributed by atoms with Gasteiger partial charge in [-0.1, -0.05) is 0 Å². The molecular formula is C20H20BrF3N4O3. The Balaban J connectivity index is 1.86. The third-order valence-corrected chi connectivity index (χ3v) is 6.65. The number of methoxy groups -OCH3 is 1. The first kappa shape index (κ1) is 21.7. The largest absolute Gasteiger partial charge is 0.496 e. The number of aromatic nitrogens is 2. The van der Waals surface area contributed by atoms with Crippen molar-refractivity contribution < 1.29 is 27.5 Å². The summed E-state index contributed by atoms with van der Waals surface area (Å²) in [6.07, 6.45) is -4.89. The highest BCUT2D eigenvalue weighted by atomic mass is 79.9. The summed E-state index contributed by atoms with van der Waals surface area (Å²) >= 11 is 3.38. The van der Waals surface area contributed by atoms with E-state index in [2.05, 4.69) is 20.9 Å². The van der Waals surface area contributed by atoms with Crippen LogP contribution in [0.5, 0.6) is 5.75 Å². The Hall–Kier alpha value is -2.56. The monoisotopic (exact) mass is 500 g/mol. The second-order valence-corrected chi connectivity index (χ2v) is 8.77. The fourth-order valence-corrected chi connectivity index (χ4v) is 4.68. The van der Waals surface area contributed by atoms with E-state index in [0.717, 1.165) is 5.56 Å². The molecule has 2 aliphatic heterocycles. The van der Waals surface area contributed by atoms with Crippen LogP contribution in [0.2, 0.25) is 0 Å². The summed E-state index contributed by atoms with van der Waals surface area (Å²) in [6.45, 7) is 2.11. The van der Waals surface area contributed by atoms with Crippen molar-refractivity contribution in [3.8, 4) is 17.0 Å². The molecule has 2 amide bonds. The Morgan fingerprint density at radius 2 is 2.03 bits per heavy atom. The molecule has 1 atom stereocenters. The summed E-state index contributed by atoms with van der Waals surface area (Å²) in [5, 5.41) is 0. The zero-order chi connectivity index (χ0) is 22.7. The molecule has 0 spiro atoms. The highest BCUT2D eigenvalue weighted by Gasteiger charge is 2.50. The highest BCUT2D eigenvalue weighted by molar-refractivity contribution is 9.10. The van der Waals surface area contributed by atoms with Crippen molar-refractivity contribution in [2.24, 2.45) is 5.73 Å². The summed E-state index contributed by atoms with van der Waals surface area (Å²) in [5.74, 6) is -0.801. The predicted octanol–water partition coefficient (Wildman–Crippen LogP) is 3.07. The van der Waals surface area contributed by atoms with Crippen molar-refractivity contribution in [1.29, 1.82) is 0 Å². The van der Waals surface area contributed by atoms with Crippen LogP contribution < -0.4 is 10.5 Å². The lowest BCUT2D eigenvalue weighted by atomic mass is 9.85. The van der Waals surface area contributed by atoms with Crippen molar-refractivity contribution in [2.75, 3.05) is 13.7 Å². The number of ether oxygens (including phenoxy) is 1. The third kappa shape index (κ3) is 3.48. The fourth-order valence-electron chi connectivity index (χ4n) is 4.17. The van der Waals surface area contributed by atoms with Crippen molar-refractivity contribution in [3.63, 3.8) is 0 Å². The van der Waals surface area contributed by atoms with E-state index < -0.39 is 30.0 Å². The number of carbonyl (C=O) groups excluding carboxylic acids is 2. The number of rotatable bonds is 4. The van der Waals surface area contributed by atoms with E-state index in [0.29, 0.717) is 28.6 Å². The normalized spacial score (nSPS) is 20.0. The second-order valence-electron chi connectivity index (χ2n) is 7.91. The van der Waals surface area contributed by atoms with Gasteiger partial charge in [0.2, 0.25) is 5.91 Å². The SMILES string of the molecule is COc1cc2c(cc1Br)-c1c(CC(F)(F)F)nc(C(=O)N3CC[C@]3(C)C(N)=O)n1CC2. The molecule has 166 valence electrons. The van der Waals surface area contributed by atoms with Crippen molar-refractivity contribution in [3.05, 3.63) is 33.7 Å². The van der Waals surface area contributed by atoms with E-state index in [1.165, 1.54) is 16.6 Å². The molecule has 31 heavy (non-hydrogen) atoms. The zero-order valence-electron chi connectivity index (χ0n) is 16.8. The topological polar surface area (TPSA) is 90.5 Å². The maximum absolute atomic E-state index is 13.3.